The minimum Gasteiger partial charge on any atom is -0.444 e. The average Bonchev–Trinajstić information content (AvgIpc) is 2.75. The summed E-state index contributed by atoms with van der Waals surface area (Å²) in [6.45, 7) is 5.16. The summed E-state index contributed by atoms with van der Waals surface area (Å²) in [4.78, 5) is 14.1. The van der Waals surface area contributed by atoms with Crippen LogP contribution < -0.4 is 5.32 Å². The molecule has 0 aromatic carbocycles. The molecule has 18 heavy (non-hydrogen) atoms. The van der Waals surface area contributed by atoms with E-state index in [1.165, 1.54) is 0 Å². The molecule has 6 nitrogen and oxygen atoms in total. The Bertz CT molecular complexity index is 370. The summed E-state index contributed by atoms with van der Waals surface area (Å²) >= 11 is 0. The lowest BCUT2D eigenvalue weighted by Crippen LogP contribution is -2.38. The van der Waals surface area contributed by atoms with Crippen molar-refractivity contribution in [1.29, 1.82) is 0 Å². The number of aliphatic hydroxyl groups is 2. The second kappa shape index (κ2) is 5.88. The van der Waals surface area contributed by atoms with Crippen LogP contribution in [0.15, 0.2) is 18.5 Å². The standard InChI is InChI=1S/C12H20N2O4/c1-12(2,3)18-11(17)14-7-9(15)10(16)8-4-5-13-6-8/h4-6,9-10,13,15-16H,7H2,1-3H3,(H,14,17). The number of alkyl carbamates (subject to hydrolysis) is 1. The summed E-state index contributed by atoms with van der Waals surface area (Å²) in [6.07, 6.45) is 0.468. The molecule has 0 aliphatic heterocycles. The summed E-state index contributed by atoms with van der Waals surface area (Å²) in [5, 5.41) is 21.9. The fraction of sp³-hybridized carbons (Fsp3) is 0.583. The second-order valence-corrected chi connectivity index (χ2v) is 5.04. The first-order chi connectivity index (χ1) is 8.29. The first-order valence-corrected chi connectivity index (χ1v) is 5.75. The molecule has 0 aliphatic rings. The van der Waals surface area contributed by atoms with Crippen molar-refractivity contribution in [2.75, 3.05) is 6.54 Å². The number of aromatic nitrogens is 1. The first kappa shape index (κ1) is 14.5. The maximum absolute atomic E-state index is 11.3. The van der Waals surface area contributed by atoms with Crippen LogP contribution in [0.2, 0.25) is 0 Å². The Hall–Kier alpha value is -1.53. The van der Waals surface area contributed by atoms with Gasteiger partial charge >= 0.3 is 6.09 Å². The molecule has 0 saturated heterocycles. The molecule has 2 atom stereocenters. The molecule has 0 fully saturated rings. The molecule has 1 heterocycles. The van der Waals surface area contributed by atoms with Crippen LogP contribution in [0.1, 0.15) is 32.4 Å². The molecule has 0 radical (unpaired) electrons. The highest BCUT2D eigenvalue weighted by Gasteiger charge is 2.21. The number of amides is 1. The van der Waals surface area contributed by atoms with Crippen molar-refractivity contribution in [2.24, 2.45) is 0 Å². The highest BCUT2D eigenvalue weighted by molar-refractivity contribution is 5.67. The lowest BCUT2D eigenvalue weighted by atomic mass is 10.1. The van der Waals surface area contributed by atoms with Gasteiger partial charge in [0.15, 0.2) is 0 Å². The van der Waals surface area contributed by atoms with E-state index in [-0.39, 0.29) is 6.54 Å². The molecule has 102 valence electrons. The Morgan fingerprint density at radius 1 is 1.50 bits per heavy atom. The quantitative estimate of drug-likeness (QED) is 0.644. The maximum Gasteiger partial charge on any atom is 0.407 e. The Morgan fingerprint density at radius 3 is 2.67 bits per heavy atom. The average molecular weight is 256 g/mol. The van der Waals surface area contributed by atoms with Crippen LogP contribution >= 0.6 is 0 Å². The number of nitrogens with one attached hydrogen (secondary N) is 2. The van der Waals surface area contributed by atoms with Gasteiger partial charge < -0.3 is 25.3 Å². The van der Waals surface area contributed by atoms with Crippen molar-refractivity contribution in [3.8, 4) is 0 Å². The van der Waals surface area contributed by atoms with E-state index >= 15 is 0 Å². The number of H-pyrrole nitrogens is 1. The number of ether oxygens (including phenoxy) is 1. The van der Waals surface area contributed by atoms with Crippen LogP contribution in [0, 0.1) is 0 Å². The van der Waals surface area contributed by atoms with Gasteiger partial charge in [0, 0.05) is 24.5 Å². The third-order valence-corrected chi connectivity index (χ3v) is 2.18. The van der Waals surface area contributed by atoms with Gasteiger partial charge in [-0.05, 0) is 26.8 Å². The van der Waals surface area contributed by atoms with Crippen LogP contribution in [-0.4, -0.2) is 39.5 Å². The van der Waals surface area contributed by atoms with Gasteiger partial charge in [0.25, 0.3) is 0 Å². The smallest absolute Gasteiger partial charge is 0.407 e. The second-order valence-electron chi connectivity index (χ2n) is 5.04. The molecule has 1 rings (SSSR count). The Morgan fingerprint density at radius 2 is 2.17 bits per heavy atom. The highest BCUT2D eigenvalue weighted by atomic mass is 16.6. The maximum atomic E-state index is 11.3. The topological polar surface area (TPSA) is 94.6 Å². The molecule has 1 aromatic rings. The molecule has 0 bridgehead atoms. The minimum absolute atomic E-state index is 0.0821. The summed E-state index contributed by atoms with van der Waals surface area (Å²) in [7, 11) is 0. The third-order valence-electron chi connectivity index (χ3n) is 2.18. The van der Waals surface area contributed by atoms with E-state index in [4.69, 9.17) is 4.74 Å². The number of aromatic amines is 1. The molecule has 1 aromatic heterocycles. The van der Waals surface area contributed by atoms with Gasteiger partial charge in [-0.1, -0.05) is 0 Å². The molecule has 2 unspecified atom stereocenters. The van der Waals surface area contributed by atoms with Crippen LogP contribution in [-0.2, 0) is 4.74 Å². The van der Waals surface area contributed by atoms with E-state index in [9.17, 15) is 15.0 Å². The van der Waals surface area contributed by atoms with Gasteiger partial charge in [-0.3, -0.25) is 0 Å². The zero-order chi connectivity index (χ0) is 13.8. The molecular formula is C12H20N2O4. The van der Waals surface area contributed by atoms with Crippen molar-refractivity contribution in [3.05, 3.63) is 24.0 Å². The number of carbonyl (C=O) groups is 1. The lowest BCUT2D eigenvalue weighted by molar-refractivity contribution is 0.0130. The SMILES string of the molecule is CC(C)(C)OC(=O)NCC(O)C(O)c1cc[nH]c1. The summed E-state index contributed by atoms with van der Waals surface area (Å²) < 4.78 is 5.01. The van der Waals surface area contributed by atoms with Gasteiger partial charge in [0.05, 0.1) is 0 Å². The third kappa shape index (κ3) is 4.77. The zero-order valence-corrected chi connectivity index (χ0v) is 10.8. The molecule has 6 heteroatoms. The summed E-state index contributed by atoms with van der Waals surface area (Å²) in [5.74, 6) is 0. The number of carbonyl (C=O) groups excluding carboxylic acids is 1. The summed E-state index contributed by atoms with van der Waals surface area (Å²) in [5.41, 5.74) is -0.0256. The number of aliphatic hydroxyl groups excluding tert-OH is 2. The first-order valence-electron chi connectivity index (χ1n) is 5.75. The van der Waals surface area contributed by atoms with Crippen LogP contribution in [0.4, 0.5) is 4.79 Å². The van der Waals surface area contributed by atoms with Crippen LogP contribution in [0.3, 0.4) is 0 Å². The fourth-order valence-corrected chi connectivity index (χ4v) is 1.36. The van der Waals surface area contributed by atoms with Crippen molar-refractivity contribution in [1.82, 2.24) is 10.3 Å². The molecule has 4 N–H and O–H groups in total. The Labute approximate surface area is 106 Å². The van der Waals surface area contributed by atoms with Gasteiger partial charge in [0.2, 0.25) is 0 Å². The summed E-state index contributed by atoms with van der Waals surface area (Å²) in [6, 6.07) is 1.65. The van der Waals surface area contributed by atoms with Crippen molar-refractivity contribution >= 4 is 6.09 Å². The van der Waals surface area contributed by atoms with Gasteiger partial charge in [0.1, 0.15) is 17.8 Å². The number of rotatable bonds is 4. The minimum atomic E-state index is -1.09. The molecule has 0 saturated carbocycles. The lowest BCUT2D eigenvalue weighted by Gasteiger charge is -2.21. The molecular weight excluding hydrogens is 236 g/mol. The van der Waals surface area contributed by atoms with Gasteiger partial charge in [-0.15, -0.1) is 0 Å². The monoisotopic (exact) mass is 256 g/mol. The van der Waals surface area contributed by atoms with E-state index in [0.29, 0.717) is 5.56 Å². The molecule has 1 amide bonds. The van der Waals surface area contributed by atoms with E-state index in [0.717, 1.165) is 0 Å². The van der Waals surface area contributed by atoms with E-state index in [2.05, 4.69) is 10.3 Å². The number of hydrogen-bond donors (Lipinski definition) is 4. The van der Waals surface area contributed by atoms with E-state index in [1.807, 2.05) is 0 Å². The fourth-order valence-electron chi connectivity index (χ4n) is 1.36. The van der Waals surface area contributed by atoms with Crippen molar-refractivity contribution in [3.63, 3.8) is 0 Å². The predicted molar refractivity (Wildman–Crippen MR) is 66.0 cm³/mol. The van der Waals surface area contributed by atoms with Crippen molar-refractivity contribution < 1.29 is 19.7 Å². The molecule has 0 spiro atoms. The van der Waals surface area contributed by atoms with E-state index in [1.54, 1.807) is 39.2 Å². The van der Waals surface area contributed by atoms with Crippen LogP contribution in [0.25, 0.3) is 0 Å². The largest absolute Gasteiger partial charge is 0.444 e. The predicted octanol–water partition coefficient (Wildman–Crippen LogP) is 0.934. The number of hydrogen-bond acceptors (Lipinski definition) is 4. The zero-order valence-electron chi connectivity index (χ0n) is 10.8. The normalized spacial score (nSPS) is 14.9. The van der Waals surface area contributed by atoms with Crippen molar-refractivity contribution in [2.45, 2.75) is 38.6 Å². The van der Waals surface area contributed by atoms with Gasteiger partial charge in [-0.25, -0.2) is 4.79 Å². The van der Waals surface area contributed by atoms with Gasteiger partial charge in [-0.2, -0.15) is 0 Å². The highest BCUT2D eigenvalue weighted by Crippen LogP contribution is 2.15. The Balaban J connectivity index is 2.37. The molecule has 0 aliphatic carbocycles. The Kier molecular flexibility index (Phi) is 4.75. The van der Waals surface area contributed by atoms with Crippen LogP contribution in [0.5, 0.6) is 0 Å². The van der Waals surface area contributed by atoms with E-state index < -0.39 is 23.9 Å².